The van der Waals surface area contributed by atoms with Gasteiger partial charge in [-0.2, -0.15) is 4.39 Å². The molecule has 1 aromatic heterocycles. The van der Waals surface area contributed by atoms with Gasteiger partial charge in [0.15, 0.2) is 0 Å². The monoisotopic (exact) mass is 275 g/mol. The van der Waals surface area contributed by atoms with Gasteiger partial charge in [0.2, 0.25) is 5.95 Å². The van der Waals surface area contributed by atoms with Crippen molar-refractivity contribution in [1.82, 2.24) is 4.98 Å². The number of nitrogens with zero attached hydrogens (tertiary/aromatic N) is 1. The first-order valence-electron chi connectivity index (χ1n) is 4.34. The van der Waals surface area contributed by atoms with E-state index in [0.29, 0.717) is 26.2 Å². The normalized spacial score (nSPS) is 10.5. The van der Waals surface area contributed by atoms with Gasteiger partial charge in [-0.25, -0.2) is 4.98 Å². The van der Waals surface area contributed by atoms with E-state index in [1.54, 1.807) is 18.2 Å². The first-order valence-corrected chi connectivity index (χ1v) is 5.48. The zero-order valence-corrected chi connectivity index (χ0v) is 10.1. The number of benzene rings is 1. The maximum atomic E-state index is 13.0. The van der Waals surface area contributed by atoms with E-state index in [1.807, 2.05) is 0 Å². The Bertz CT molecular complexity index is 543. The molecule has 0 radical (unpaired) electrons. The Morgan fingerprint density at radius 1 is 0.938 bits per heavy atom. The zero-order valence-electron chi connectivity index (χ0n) is 7.85. The highest BCUT2D eigenvalue weighted by Crippen LogP contribution is 2.32. The van der Waals surface area contributed by atoms with Gasteiger partial charge in [-0.15, -0.1) is 0 Å². The Labute approximate surface area is 107 Å². The van der Waals surface area contributed by atoms with Crippen molar-refractivity contribution in [2.75, 3.05) is 0 Å². The van der Waals surface area contributed by atoms with Gasteiger partial charge in [0, 0.05) is 17.8 Å². The molecule has 0 saturated heterocycles. The van der Waals surface area contributed by atoms with Crippen LogP contribution in [0.15, 0.2) is 30.5 Å². The second-order valence-corrected chi connectivity index (χ2v) is 4.34. The van der Waals surface area contributed by atoms with Crippen molar-refractivity contribution < 1.29 is 4.39 Å². The lowest BCUT2D eigenvalue weighted by Crippen LogP contribution is -1.86. The predicted octanol–water partition coefficient (Wildman–Crippen LogP) is 4.85. The number of hydrogen-bond donors (Lipinski definition) is 0. The molecule has 1 aromatic carbocycles. The predicted molar refractivity (Wildman–Crippen MR) is 64.7 cm³/mol. The van der Waals surface area contributed by atoms with Crippen LogP contribution < -0.4 is 0 Å². The van der Waals surface area contributed by atoms with E-state index in [-0.39, 0.29) is 0 Å². The van der Waals surface area contributed by atoms with Gasteiger partial charge >= 0.3 is 0 Å². The van der Waals surface area contributed by atoms with Crippen LogP contribution in [0, 0.1) is 5.95 Å². The number of halogens is 4. The van der Waals surface area contributed by atoms with E-state index >= 15 is 0 Å². The minimum absolute atomic E-state index is 0.361. The summed E-state index contributed by atoms with van der Waals surface area (Å²) < 4.78 is 13.0. The molecule has 0 fully saturated rings. The molecule has 82 valence electrons. The molecule has 0 aliphatic heterocycles. The molecule has 0 aliphatic carbocycles. The van der Waals surface area contributed by atoms with Crippen LogP contribution in [-0.2, 0) is 0 Å². The van der Waals surface area contributed by atoms with E-state index in [2.05, 4.69) is 4.98 Å². The van der Waals surface area contributed by atoms with Gasteiger partial charge < -0.3 is 0 Å². The Balaban J connectivity index is 2.58. The van der Waals surface area contributed by atoms with E-state index < -0.39 is 5.95 Å². The van der Waals surface area contributed by atoms with E-state index in [1.165, 1.54) is 12.3 Å². The molecule has 0 amide bonds. The lowest BCUT2D eigenvalue weighted by molar-refractivity contribution is 0.584. The molecular weight excluding hydrogens is 271 g/mol. The van der Waals surface area contributed by atoms with Crippen molar-refractivity contribution in [2.45, 2.75) is 0 Å². The Morgan fingerprint density at radius 3 is 2.38 bits per heavy atom. The second-order valence-electron chi connectivity index (χ2n) is 3.12. The molecule has 2 rings (SSSR count). The quantitative estimate of drug-likeness (QED) is 0.679. The van der Waals surface area contributed by atoms with Crippen LogP contribution in [0.1, 0.15) is 0 Å². The molecule has 1 heterocycles. The highest BCUT2D eigenvalue weighted by atomic mass is 35.5. The Hall–Kier alpha value is -0.830. The van der Waals surface area contributed by atoms with Crippen LogP contribution in [0.5, 0.6) is 0 Å². The summed E-state index contributed by atoms with van der Waals surface area (Å²) in [5, 5.41) is 1.20. The minimum atomic E-state index is -0.592. The maximum Gasteiger partial charge on any atom is 0.213 e. The van der Waals surface area contributed by atoms with E-state index in [0.717, 1.165) is 0 Å². The highest BCUT2D eigenvalue weighted by molar-refractivity contribution is 6.42. The van der Waals surface area contributed by atoms with Crippen molar-refractivity contribution in [3.8, 4) is 11.1 Å². The van der Waals surface area contributed by atoms with Gasteiger partial charge in [-0.05, 0) is 17.7 Å². The molecule has 1 nitrogen and oxygen atoms in total. The van der Waals surface area contributed by atoms with Crippen LogP contribution in [0.4, 0.5) is 4.39 Å². The first-order chi connectivity index (χ1) is 7.58. The molecule has 0 unspecified atom stereocenters. The SMILES string of the molecule is Fc1cc(-c2ccc(Cl)c(Cl)c2)c(Cl)cn1. The van der Waals surface area contributed by atoms with Crippen molar-refractivity contribution >= 4 is 34.8 Å². The number of aromatic nitrogens is 1. The van der Waals surface area contributed by atoms with Crippen LogP contribution >= 0.6 is 34.8 Å². The van der Waals surface area contributed by atoms with Gasteiger partial charge in [0.05, 0.1) is 15.1 Å². The molecule has 0 bridgehead atoms. The maximum absolute atomic E-state index is 13.0. The van der Waals surface area contributed by atoms with Crippen molar-refractivity contribution in [1.29, 1.82) is 0 Å². The average molecular weight is 277 g/mol. The summed E-state index contributed by atoms with van der Waals surface area (Å²) in [7, 11) is 0. The molecule has 0 aliphatic rings. The van der Waals surface area contributed by atoms with Gasteiger partial charge in [-0.1, -0.05) is 40.9 Å². The third-order valence-electron chi connectivity index (χ3n) is 2.05. The lowest BCUT2D eigenvalue weighted by atomic mass is 10.1. The standard InChI is InChI=1S/C11H5Cl3FN/c12-8-2-1-6(3-9(8)13)7-4-11(15)16-5-10(7)14/h1-5H. The third kappa shape index (κ3) is 2.29. The molecule has 0 spiro atoms. The molecule has 0 atom stereocenters. The Kier molecular flexibility index (Phi) is 3.33. The van der Waals surface area contributed by atoms with Crippen LogP contribution in [0.25, 0.3) is 11.1 Å². The summed E-state index contributed by atoms with van der Waals surface area (Å²) in [5.41, 5.74) is 1.23. The molecule has 2 aromatic rings. The Morgan fingerprint density at radius 2 is 1.69 bits per heavy atom. The zero-order chi connectivity index (χ0) is 11.7. The first kappa shape index (κ1) is 11.6. The van der Waals surface area contributed by atoms with E-state index in [4.69, 9.17) is 34.8 Å². The fourth-order valence-corrected chi connectivity index (χ4v) is 1.81. The topological polar surface area (TPSA) is 12.9 Å². The van der Waals surface area contributed by atoms with Crippen LogP contribution in [0.2, 0.25) is 15.1 Å². The largest absolute Gasteiger partial charge is 0.227 e. The second kappa shape index (κ2) is 4.58. The van der Waals surface area contributed by atoms with Gasteiger partial charge in [0.25, 0.3) is 0 Å². The summed E-state index contributed by atoms with van der Waals surface area (Å²) in [6.07, 6.45) is 1.26. The van der Waals surface area contributed by atoms with E-state index in [9.17, 15) is 4.39 Å². The molecule has 0 saturated carbocycles. The lowest BCUT2D eigenvalue weighted by Gasteiger charge is -2.05. The number of pyridine rings is 1. The summed E-state index contributed by atoms with van der Waals surface area (Å²) >= 11 is 17.6. The molecule has 5 heteroatoms. The smallest absolute Gasteiger partial charge is 0.213 e. The van der Waals surface area contributed by atoms with Crippen molar-refractivity contribution in [3.63, 3.8) is 0 Å². The summed E-state index contributed by atoms with van der Waals surface area (Å²) in [5.74, 6) is -0.592. The van der Waals surface area contributed by atoms with Gasteiger partial charge in [-0.3, -0.25) is 0 Å². The molecular formula is C11H5Cl3FN. The van der Waals surface area contributed by atoms with Gasteiger partial charge in [0.1, 0.15) is 0 Å². The number of rotatable bonds is 1. The number of hydrogen-bond acceptors (Lipinski definition) is 1. The third-order valence-corrected chi connectivity index (χ3v) is 3.09. The average Bonchev–Trinajstić information content (AvgIpc) is 2.26. The summed E-state index contributed by atoms with van der Waals surface area (Å²) in [4.78, 5) is 3.45. The van der Waals surface area contributed by atoms with Crippen LogP contribution in [0.3, 0.4) is 0 Å². The van der Waals surface area contributed by atoms with Crippen LogP contribution in [-0.4, -0.2) is 4.98 Å². The molecule has 16 heavy (non-hydrogen) atoms. The summed E-state index contributed by atoms with van der Waals surface area (Å²) in [6.45, 7) is 0. The van der Waals surface area contributed by atoms with Crippen molar-refractivity contribution in [3.05, 3.63) is 51.5 Å². The fourth-order valence-electron chi connectivity index (χ4n) is 1.30. The van der Waals surface area contributed by atoms with Crippen molar-refractivity contribution in [2.24, 2.45) is 0 Å². The highest BCUT2D eigenvalue weighted by Gasteiger charge is 2.07. The fraction of sp³-hybridized carbons (Fsp3) is 0. The summed E-state index contributed by atoms with van der Waals surface area (Å²) in [6, 6.07) is 6.23. The minimum Gasteiger partial charge on any atom is -0.227 e. The molecule has 0 N–H and O–H groups in total.